The number of aryl methyl sites for hydroxylation is 1. The van der Waals surface area contributed by atoms with Crippen molar-refractivity contribution in [3.05, 3.63) is 35.8 Å². The molecule has 5 heteroatoms. The molecule has 0 bridgehead atoms. The molecule has 3 rings (SSSR count). The first-order valence-electron chi connectivity index (χ1n) is 6.15. The van der Waals surface area contributed by atoms with Gasteiger partial charge in [-0.25, -0.2) is 10.0 Å². The minimum atomic E-state index is -0.155. The van der Waals surface area contributed by atoms with Crippen molar-refractivity contribution in [1.82, 2.24) is 14.4 Å². The van der Waals surface area contributed by atoms with Crippen molar-refractivity contribution in [2.24, 2.45) is 0 Å². The highest BCUT2D eigenvalue weighted by atomic mass is 16.7. The highest BCUT2D eigenvalue weighted by Crippen LogP contribution is 2.13. The van der Waals surface area contributed by atoms with Crippen LogP contribution in [0.1, 0.15) is 29.0 Å². The Morgan fingerprint density at radius 1 is 1.39 bits per heavy atom. The van der Waals surface area contributed by atoms with Gasteiger partial charge < -0.3 is 4.40 Å². The van der Waals surface area contributed by atoms with Crippen molar-refractivity contribution in [2.75, 3.05) is 13.2 Å². The van der Waals surface area contributed by atoms with E-state index in [1.165, 1.54) is 5.06 Å². The molecule has 1 fully saturated rings. The molecular formula is C13H15N3O2. The lowest BCUT2D eigenvalue weighted by molar-refractivity contribution is -0.144. The molecule has 1 amide bonds. The van der Waals surface area contributed by atoms with Gasteiger partial charge in [0, 0.05) is 18.4 Å². The Hall–Kier alpha value is -1.88. The quantitative estimate of drug-likeness (QED) is 0.769. The molecule has 0 aromatic carbocycles. The van der Waals surface area contributed by atoms with Gasteiger partial charge in [0.2, 0.25) is 0 Å². The molecule has 1 aliphatic heterocycles. The molecule has 94 valence electrons. The van der Waals surface area contributed by atoms with Crippen LogP contribution in [0.25, 0.3) is 5.65 Å². The molecule has 2 aromatic heterocycles. The number of pyridine rings is 1. The summed E-state index contributed by atoms with van der Waals surface area (Å²) < 4.78 is 1.91. The van der Waals surface area contributed by atoms with Crippen LogP contribution in [0.3, 0.4) is 0 Å². The van der Waals surface area contributed by atoms with Crippen LogP contribution in [0.5, 0.6) is 0 Å². The van der Waals surface area contributed by atoms with Crippen molar-refractivity contribution in [3.63, 3.8) is 0 Å². The average molecular weight is 245 g/mol. The SMILES string of the molecule is Cc1cccc2nc(C(=O)N3CCCCO3)cn12. The van der Waals surface area contributed by atoms with E-state index in [0.29, 0.717) is 18.8 Å². The molecule has 18 heavy (non-hydrogen) atoms. The summed E-state index contributed by atoms with van der Waals surface area (Å²) in [6.45, 7) is 3.24. The van der Waals surface area contributed by atoms with Crippen LogP contribution in [0.4, 0.5) is 0 Å². The summed E-state index contributed by atoms with van der Waals surface area (Å²) in [7, 11) is 0. The molecule has 0 aliphatic carbocycles. The molecule has 0 saturated carbocycles. The number of aromatic nitrogens is 2. The van der Waals surface area contributed by atoms with E-state index in [1.807, 2.05) is 29.5 Å². The zero-order valence-corrected chi connectivity index (χ0v) is 10.3. The predicted molar refractivity (Wildman–Crippen MR) is 66.2 cm³/mol. The van der Waals surface area contributed by atoms with Gasteiger partial charge in [0.25, 0.3) is 5.91 Å². The Kier molecular flexibility index (Phi) is 2.76. The number of carbonyl (C=O) groups is 1. The fraction of sp³-hybridized carbons (Fsp3) is 0.385. The summed E-state index contributed by atoms with van der Waals surface area (Å²) in [6, 6.07) is 5.81. The first kappa shape index (κ1) is 11.2. The lowest BCUT2D eigenvalue weighted by Gasteiger charge is -2.24. The van der Waals surface area contributed by atoms with Gasteiger partial charge in [0.15, 0.2) is 0 Å². The van der Waals surface area contributed by atoms with Crippen LogP contribution >= 0.6 is 0 Å². The van der Waals surface area contributed by atoms with Crippen molar-refractivity contribution < 1.29 is 9.63 Å². The van der Waals surface area contributed by atoms with Crippen LogP contribution in [-0.2, 0) is 4.84 Å². The number of rotatable bonds is 1. The zero-order valence-electron chi connectivity index (χ0n) is 10.3. The summed E-state index contributed by atoms with van der Waals surface area (Å²) in [4.78, 5) is 21.9. The molecule has 0 unspecified atom stereocenters. The van der Waals surface area contributed by atoms with Gasteiger partial charge in [-0.2, -0.15) is 0 Å². The number of amides is 1. The van der Waals surface area contributed by atoms with Gasteiger partial charge >= 0.3 is 0 Å². The van der Waals surface area contributed by atoms with Crippen molar-refractivity contribution in [1.29, 1.82) is 0 Å². The van der Waals surface area contributed by atoms with Gasteiger partial charge in [-0.3, -0.25) is 9.63 Å². The third kappa shape index (κ3) is 1.86. The van der Waals surface area contributed by atoms with Crippen molar-refractivity contribution >= 4 is 11.6 Å². The number of hydrogen-bond donors (Lipinski definition) is 0. The normalized spacial score (nSPS) is 16.2. The largest absolute Gasteiger partial charge is 0.304 e. The standard InChI is InChI=1S/C13H15N3O2/c1-10-5-4-6-12-14-11(9-15(10)12)13(17)16-7-2-3-8-18-16/h4-6,9H,2-3,7-8H2,1H3. The van der Waals surface area contributed by atoms with Gasteiger partial charge in [-0.05, 0) is 31.9 Å². The Bertz CT molecular complexity index is 585. The summed E-state index contributed by atoms with van der Waals surface area (Å²) in [5.41, 5.74) is 2.28. The van der Waals surface area contributed by atoms with Crippen LogP contribution in [-0.4, -0.2) is 33.5 Å². The molecule has 0 N–H and O–H groups in total. The third-order valence-corrected chi connectivity index (χ3v) is 3.14. The van der Waals surface area contributed by atoms with E-state index < -0.39 is 0 Å². The van der Waals surface area contributed by atoms with Crippen LogP contribution in [0, 0.1) is 6.92 Å². The van der Waals surface area contributed by atoms with E-state index in [4.69, 9.17) is 4.84 Å². The maximum absolute atomic E-state index is 12.2. The van der Waals surface area contributed by atoms with Gasteiger partial charge in [0.1, 0.15) is 11.3 Å². The van der Waals surface area contributed by atoms with E-state index in [2.05, 4.69) is 4.98 Å². The summed E-state index contributed by atoms with van der Waals surface area (Å²) in [5.74, 6) is -0.155. The fourth-order valence-electron chi connectivity index (χ4n) is 2.14. The number of hydroxylamine groups is 2. The number of carbonyl (C=O) groups excluding carboxylic acids is 1. The van der Waals surface area contributed by atoms with Gasteiger partial charge in [-0.15, -0.1) is 0 Å². The third-order valence-electron chi connectivity index (χ3n) is 3.14. The highest BCUT2D eigenvalue weighted by Gasteiger charge is 2.22. The molecule has 0 radical (unpaired) electrons. The molecule has 5 nitrogen and oxygen atoms in total. The molecular weight excluding hydrogens is 230 g/mol. The van der Waals surface area contributed by atoms with E-state index in [9.17, 15) is 4.79 Å². The van der Waals surface area contributed by atoms with E-state index in [0.717, 1.165) is 24.2 Å². The number of hydrogen-bond acceptors (Lipinski definition) is 3. The first-order valence-corrected chi connectivity index (χ1v) is 6.15. The average Bonchev–Trinajstić information content (AvgIpc) is 2.84. The monoisotopic (exact) mass is 245 g/mol. The number of nitrogens with zero attached hydrogens (tertiary/aromatic N) is 3. The molecule has 3 heterocycles. The second kappa shape index (κ2) is 4.42. The van der Waals surface area contributed by atoms with E-state index in [1.54, 1.807) is 6.20 Å². The number of imidazole rings is 1. The highest BCUT2D eigenvalue weighted by molar-refractivity contribution is 5.92. The van der Waals surface area contributed by atoms with Gasteiger partial charge in [0.05, 0.1) is 6.61 Å². The molecule has 0 atom stereocenters. The van der Waals surface area contributed by atoms with E-state index in [-0.39, 0.29) is 5.91 Å². The Labute approximate surface area is 105 Å². The second-order valence-electron chi connectivity index (χ2n) is 4.47. The lowest BCUT2D eigenvalue weighted by atomic mass is 10.3. The first-order chi connectivity index (χ1) is 8.75. The summed E-state index contributed by atoms with van der Waals surface area (Å²) in [5, 5.41) is 1.42. The smallest absolute Gasteiger partial charge is 0.297 e. The summed E-state index contributed by atoms with van der Waals surface area (Å²) >= 11 is 0. The van der Waals surface area contributed by atoms with Crippen LogP contribution in [0.2, 0.25) is 0 Å². The van der Waals surface area contributed by atoms with Crippen LogP contribution < -0.4 is 0 Å². The molecule has 1 saturated heterocycles. The predicted octanol–water partition coefficient (Wildman–Crippen LogP) is 1.81. The lowest BCUT2D eigenvalue weighted by Crippen LogP contribution is -2.35. The maximum Gasteiger partial charge on any atom is 0.297 e. The molecule has 2 aromatic rings. The zero-order chi connectivity index (χ0) is 12.5. The molecule has 0 spiro atoms. The van der Waals surface area contributed by atoms with Crippen molar-refractivity contribution in [3.8, 4) is 0 Å². The Morgan fingerprint density at radius 3 is 3.00 bits per heavy atom. The maximum atomic E-state index is 12.2. The summed E-state index contributed by atoms with van der Waals surface area (Å²) in [6.07, 6.45) is 3.76. The number of fused-ring (bicyclic) bond motifs is 1. The van der Waals surface area contributed by atoms with Crippen molar-refractivity contribution in [2.45, 2.75) is 19.8 Å². The molecule has 1 aliphatic rings. The Balaban J connectivity index is 1.94. The van der Waals surface area contributed by atoms with Gasteiger partial charge in [-0.1, -0.05) is 6.07 Å². The second-order valence-corrected chi connectivity index (χ2v) is 4.47. The van der Waals surface area contributed by atoms with Crippen LogP contribution in [0.15, 0.2) is 24.4 Å². The Morgan fingerprint density at radius 2 is 2.28 bits per heavy atom. The fourth-order valence-corrected chi connectivity index (χ4v) is 2.14. The minimum absolute atomic E-state index is 0.155. The minimum Gasteiger partial charge on any atom is -0.304 e. The topological polar surface area (TPSA) is 46.8 Å². The van der Waals surface area contributed by atoms with E-state index >= 15 is 0 Å².